The molecule has 1 aliphatic rings. The van der Waals surface area contributed by atoms with Gasteiger partial charge in [0.2, 0.25) is 0 Å². The summed E-state index contributed by atoms with van der Waals surface area (Å²) < 4.78 is 5.33. The molecule has 0 aromatic carbocycles. The molecule has 1 N–H and O–H groups in total. The fourth-order valence-electron chi connectivity index (χ4n) is 2.16. The molecule has 1 aliphatic carbocycles. The summed E-state index contributed by atoms with van der Waals surface area (Å²) in [5.41, 5.74) is 0.683. The van der Waals surface area contributed by atoms with E-state index in [-0.39, 0.29) is 11.4 Å². The number of carbonyl (C=O) groups is 2. The summed E-state index contributed by atoms with van der Waals surface area (Å²) in [5, 5.41) is 9.29. The van der Waals surface area contributed by atoms with Crippen LogP contribution in [0, 0.1) is 5.41 Å². The Balaban J connectivity index is 3.13. The molecule has 112 valence electrons. The minimum Gasteiger partial charge on any atom is -0.478 e. The Labute approximate surface area is 120 Å². The van der Waals surface area contributed by atoms with Crippen LogP contribution in [-0.4, -0.2) is 22.6 Å². The fraction of sp³-hybridized carbons (Fsp3) is 0.625. The number of aliphatic carboxylic acids is 1. The second kappa shape index (κ2) is 5.43. The van der Waals surface area contributed by atoms with Gasteiger partial charge in [0, 0.05) is 11.1 Å². The van der Waals surface area contributed by atoms with Gasteiger partial charge in [-0.15, -0.1) is 0 Å². The Kier molecular flexibility index (Phi) is 4.47. The van der Waals surface area contributed by atoms with E-state index >= 15 is 0 Å². The summed E-state index contributed by atoms with van der Waals surface area (Å²) in [6.45, 7) is 10.9. The van der Waals surface area contributed by atoms with Crippen LogP contribution in [0.3, 0.4) is 0 Å². The van der Waals surface area contributed by atoms with E-state index in [1.165, 1.54) is 0 Å². The smallest absolute Gasteiger partial charge is 0.334 e. The van der Waals surface area contributed by atoms with Gasteiger partial charge < -0.3 is 9.84 Å². The van der Waals surface area contributed by atoms with Crippen molar-refractivity contribution in [1.82, 2.24) is 0 Å². The van der Waals surface area contributed by atoms with Gasteiger partial charge in [-0.2, -0.15) is 0 Å². The molecule has 0 aromatic heterocycles. The lowest BCUT2D eigenvalue weighted by Crippen LogP contribution is -2.27. The molecule has 0 aliphatic heterocycles. The van der Waals surface area contributed by atoms with Crippen molar-refractivity contribution in [1.29, 1.82) is 0 Å². The molecule has 0 radical (unpaired) electrons. The van der Waals surface area contributed by atoms with Gasteiger partial charge in [0.15, 0.2) is 0 Å². The van der Waals surface area contributed by atoms with E-state index in [9.17, 15) is 14.7 Å². The summed E-state index contributed by atoms with van der Waals surface area (Å²) >= 11 is 0. The topological polar surface area (TPSA) is 63.6 Å². The highest BCUT2D eigenvalue weighted by atomic mass is 16.6. The van der Waals surface area contributed by atoms with Gasteiger partial charge in [-0.1, -0.05) is 13.8 Å². The van der Waals surface area contributed by atoms with Crippen LogP contribution in [0.1, 0.15) is 54.4 Å². The molecule has 0 bridgehead atoms. The quantitative estimate of drug-likeness (QED) is 0.621. The second-order valence-electron chi connectivity index (χ2n) is 6.90. The SMILES string of the molecule is CC(C(=O)OC(C)(C)C)=C1C=C(C(=O)O)C(C)(C)CC1. The number of ether oxygens (including phenoxy) is 1. The van der Waals surface area contributed by atoms with E-state index in [0.717, 1.165) is 5.57 Å². The highest BCUT2D eigenvalue weighted by Gasteiger charge is 2.33. The summed E-state index contributed by atoms with van der Waals surface area (Å²) in [6.07, 6.45) is 3.03. The van der Waals surface area contributed by atoms with Crippen LogP contribution in [0.25, 0.3) is 0 Å². The van der Waals surface area contributed by atoms with Gasteiger partial charge in [-0.3, -0.25) is 0 Å². The zero-order valence-electron chi connectivity index (χ0n) is 13.2. The molecular weight excluding hydrogens is 256 g/mol. The van der Waals surface area contributed by atoms with Crippen LogP contribution in [0.2, 0.25) is 0 Å². The number of rotatable bonds is 2. The standard InChI is InChI=1S/C16H24O4/c1-10(14(19)20-15(2,3)4)11-7-8-16(5,6)12(9-11)13(17)18/h9H,7-8H2,1-6H3,(H,17,18). The first-order valence-electron chi connectivity index (χ1n) is 6.82. The van der Waals surface area contributed by atoms with Crippen LogP contribution in [0.15, 0.2) is 22.8 Å². The van der Waals surface area contributed by atoms with E-state index < -0.39 is 11.6 Å². The van der Waals surface area contributed by atoms with Crippen molar-refractivity contribution in [3.63, 3.8) is 0 Å². The summed E-state index contributed by atoms with van der Waals surface area (Å²) in [7, 11) is 0. The minimum absolute atomic E-state index is 0.349. The van der Waals surface area contributed by atoms with Crippen molar-refractivity contribution in [2.45, 2.75) is 60.0 Å². The molecule has 4 nitrogen and oxygen atoms in total. The van der Waals surface area contributed by atoms with Gasteiger partial charge in [0.25, 0.3) is 0 Å². The summed E-state index contributed by atoms with van der Waals surface area (Å²) in [4.78, 5) is 23.4. The number of carboxylic acid groups (broad SMARTS) is 1. The lowest BCUT2D eigenvalue weighted by Gasteiger charge is -2.31. The van der Waals surface area contributed by atoms with Gasteiger partial charge in [-0.05, 0) is 57.6 Å². The van der Waals surface area contributed by atoms with Crippen LogP contribution in [-0.2, 0) is 14.3 Å². The molecule has 0 atom stereocenters. The summed E-state index contributed by atoms with van der Waals surface area (Å²) in [6, 6.07) is 0. The molecule has 1 rings (SSSR count). The summed E-state index contributed by atoms with van der Waals surface area (Å²) in [5.74, 6) is -1.31. The Bertz CT molecular complexity index is 487. The van der Waals surface area contributed by atoms with Crippen molar-refractivity contribution in [2.24, 2.45) is 5.41 Å². The maximum absolute atomic E-state index is 12.0. The van der Waals surface area contributed by atoms with Crippen LogP contribution >= 0.6 is 0 Å². The maximum Gasteiger partial charge on any atom is 0.334 e. The lowest BCUT2D eigenvalue weighted by atomic mass is 9.73. The highest BCUT2D eigenvalue weighted by molar-refractivity contribution is 5.92. The number of esters is 1. The normalized spacial score (nSPS) is 21.0. The van der Waals surface area contributed by atoms with Gasteiger partial charge in [0.1, 0.15) is 5.60 Å². The monoisotopic (exact) mass is 280 g/mol. The van der Waals surface area contributed by atoms with E-state index in [0.29, 0.717) is 24.0 Å². The maximum atomic E-state index is 12.0. The van der Waals surface area contributed by atoms with Crippen LogP contribution in [0.4, 0.5) is 0 Å². The van der Waals surface area contributed by atoms with E-state index in [1.54, 1.807) is 13.0 Å². The first-order chi connectivity index (χ1) is 8.94. The molecule has 4 heteroatoms. The zero-order valence-corrected chi connectivity index (χ0v) is 13.2. The van der Waals surface area contributed by atoms with Gasteiger partial charge in [0.05, 0.1) is 0 Å². The molecule has 0 spiro atoms. The molecule has 0 fully saturated rings. The third-order valence-electron chi connectivity index (χ3n) is 3.48. The largest absolute Gasteiger partial charge is 0.478 e. The molecule has 0 aromatic rings. The van der Waals surface area contributed by atoms with E-state index in [2.05, 4.69) is 0 Å². The molecule has 0 unspecified atom stereocenters. The third-order valence-corrected chi connectivity index (χ3v) is 3.48. The van der Waals surface area contributed by atoms with Crippen LogP contribution in [0.5, 0.6) is 0 Å². The molecular formula is C16H24O4. The average molecular weight is 280 g/mol. The van der Waals surface area contributed by atoms with E-state index in [4.69, 9.17) is 4.74 Å². The number of hydrogen-bond acceptors (Lipinski definition) is 3. The molecule has 0 saturated carbocycles. The van der Waals surface area contributed by atoms with Gasteiger partial charge in [-0.25, -0.2) is 9.59 Å². The first kappa shape index (κ1) is 16.5. The van der Waals surface area contributed by atoms with Crippen molar-refractivity contribution < 1.29 is 19.4 Å². The number of carboxylic acids is 1. The third kappa shape index (κ3) is 3.95. The molecule has 0 saturated heterocycles. The van der Waals surface area contributed by atoms with Crippen LogP contribution < -0.4 is 0 Å². The first-order valence-corrected chi connectivity index (χ1v) is 6.82. The predicted octanol–water partition coefficient (Wildman–Crippen LogP) is 3.48. The molecule has 20 heavy (non-hydrogen) atoms. The van der Waals surface area contributed by atoms with Crippen molar-refractivity contribution in [2.75, 3.05) is 0 Å². The fourth-order valence-corrected chi connectivity index (χ4v) is 2.16. The molecule has 0 amide bonds. The minimum atomic E-state index is -0.927. The Morgan fingerprint density at radius 3 is 2.30 bits per heavy atom. The number of hydrogen-bond donors (Lipinski definition) is 1. The Morgan fingerprint density at radius 2 is 1.85 bits per heavy atom. The molecule has 0 heterocycles. The van der Waals surface area contributed by atoms with Crippen molar-refractivity contribution >= 4 is 11.9 Å². The number of carbonyl (C=O) groups excluding carboxylic acids is 1. The highest BCUT2D eigenvalue weighted by Crippen LogP contribution is 2.39. The lowest BCUT2D eigenvalue weighted by molar-refractivity contribution is -0.150. The Morgan fingerprint density at radius 1 is 1.30 bits per heavy atom. The van der Waals surface area contributed by atoms with Gasteiger partial charge >= 0.3 is 11.9 Å². The van der Waals surface area contributed by atoms with E-state index in [1.807, 2.05) is 34.6 Å². The van der Waals surface area contributed by atoms with Crippen molar-refractivity contribution in [3.8, 4) is 0 Å². The average Bonchev–Trinajstić information content (AvgIpc) is 2.24. The number of allylic oxidation sites excluding steroid dienone is 2. The second-order valence-corrected chi connectivity index (χ2v) is 6.90. The predicted molar refractivity (Wildman–Crippen MR) is 77.3 cm³/mol. The van der Waals surface area contributed by atoms with Crippen molar-refractivity contribution in [3.05, 3.63) is 22.8 Å². The Hall–Kier alpha value is -1.58. The zero-order chi connectivity index (χ0) is 15.7.